The first kappa shape index (κ1) is 17.6. The van der Waals surface area contributed by atoms with E-state index in [1.54, 1.807) is 16.8 Å². The molecule has 0 N–H and O–H groups in total. The zero-order chi connectivity index (χ0) is 19.8. The van der Waals surface area contributed by atoms with Crippen molar-refractivity contribution in [1.82, 2.24) is 19.4 Å². The summed E-state index contributed by atoms with van der Waals surface area (Å²) in [5, 5.41) is 9.52. The van der Waals surface area contributed by atoms with Gasteiger partial charge >= 0.3 is 0 Å². The minimum Gasteiger partial charge on any atom is -0.300 e. The first-order valence-electron chi connectivity index (χ1n) is 9.85. The van der Waals surface area contributed by atoms with Crippen molar-refractivity contribution < 1.29 is 4.79 Å². The van der Waals surface area contributed by atoms with Crippen LogP contribution in [0, 0.1) is 0 Å². The molecule has 0 spiro atoms. The summed E-state index contributed by atoms with van der Waals surface area (Å²) in [6, 6.07) is 19.2. The second kappa shape index (κ2) is 7.13. The molecule has 29 heavy (non-hydrogen) atoms. The van der Waals surface area contributed by atoms with Crippen LogP contribution in [-0.2, 0) is 4.79 Å². The molecule has 1 aliphatic carbocycles. The lowest BCUT2D eigenvalue weighted by molar-refractivity contribution is -0.120. The first-order valence-corrected chi connectivity index (χ1v) is 9.85. The molecule has 0 amide bonds. The van der Waals surface area contributed by atoms with E-state index in [2.05, 4.69) is 0 Å². The summed E-state index contributed by atoms with van der Waals surface area (Å²) in [6.45, 7) is 0. The Hall–Kier alpha value is -3.54. The zero-order valence-corrected chi connectivity index (χ0v) is 15.9. The molecular formula is C23H20N4O2. The quantitative estimate of drug-likeness (QED) is 0.537. The average molecular weight is 384 g/mol. The molecule has 3 heterocycles. The number of fused-ring (bicyclic) bond motifs is 1. The predicted octanol–water partition coefficient (Wildman–Crippen LogP) is 3.91. The largest absolute Gasteiger partial charge is 0.300 e. The van der Waals surface area contributed by atoms with Crippen LogP contribution in [0.2, 0.25) is 0 Å². The highest BCUT2D eigenvalue weighted by Gasteiger charge is 2.23. The average Bonchev–Trinajstić information content (AvgIpc) is 3.15. The molecule has 0 saturated heterocycles. The number of pyridine rings is 1. The molecule has 5 rings (SSSR count). The molecule has 1 aliphatic rings. The smallest absolute Gasteiger partial charge is 0.267 e. The van der Waals surface area contributed by atoms with Gasteiger partial charge in [-0.05, 0) is 31.0 Å². The molecular weight excluding hydrogens is 364 g/mol. The normalized spacial score (nSPS) is 15.1. The van der Waals surface area contributed by atoms with Crippen LogP contribution in [0.25, 0.3) is 28.0 Å². The molecule has 0 unspecified atom stereocenters. The molecule has 4 aromatic rings. The Morgan fingerprint density at radius 2 is 1.59 bits per heavy atom. The number of aromatic nitrogens is 4. The Balaban J connectivity index is 1.69. The second-order valence-electron chi connectivity index (χ2n) is 7.39. The lowest BCUT2D eigenvalue weighted by atomic mass is 9.94. The van der Waals surface area contributed by atoms with Gasteiger partial charge in [-0.3, -0.25) is 9.59 Å². The molecule has 6 nitrogen and oxygen atoms in total. The lowest BCUT2D eigenvalue weighted by Gasteiger charge is -2.22. The number of hydrogen-bond acceptors (Lipinski definition) is 4. The van der Waals surface area contributed by atoms with E-state index < -0.39 is 0 Å². The molecule has 3 aromatic heterocycles. The van der Waals surface area contributed by atoms with Crippen molar-refractivity contribution in [3.8, 4) is 22.5 Å². The fourth-order valence-electron chi connectivity index (χ4n) is 4.04. The lowest BCUT2D eigenvalue weighted by Crippen LogP contribution is -2.29. The Labute approximate surface area is 167 Å². The van der Waals surface area contributed by atoms with E-state index in [1.165, 1.54) is 0 Å². The van der Waals surface area contributed by atoms with Crippen LogP contribution < -0.4 is 5.56 Å². The highest BCUT2D eigenvalue weighted by Crippen LogP contribution is 2.34. The van der Waals surface area contributed by atoms with Crippen LogP contribution >= 0.6 is 0 Å². The maximum absolute atomic E-state index is 12.5. The van der Waals surface area contributed by atoms with Crippen LogP contribution in [0.1, 0.15) is 31.7 Å². The summed E-state index contributed by atoms with van der Waals surface area (Å²) >= 11 is 0. The molecule has 0 radical (unpaired) electrons. The summed E-state index contributed by atoms with van der Waals surface area (Å²) in [5.41, 5.74) is 4.23. The van der Waals surface area contributed by atoms with Gasteiger partial charge in [-0.25, -0.2) is 9.20 Å². The predicted molar refractivity (Wildman–Crippen MR) is 111 cm³/mol. The topological polar surface area (TPSA) is 69.3 Å². The SMILES string of the molecule is O=C1CCC(n2nc(-c3c(-c4ccccc4)nn4ccccc34)ccc2=O)CC1. The van der Waals surface area contributed by atoms with Crippen LogP contribution in [0.4, 0.5) is 0 Å². The fourth-order valence-corrected chi connectivity index (χ4v) is 4.04. The highest BCUT2D eigenvalue weighted by atomic mass is 16.1. The molecule has 1 saturated carbocycles. The monoisotopic (exact) mass is 384 g/mol. The number of hydrogen-bond donors (Lipinski definition) is 0. The third-order valence-corrected chi connectivity index (χ3v) is 5.53. The van der Waals surface area contributed by atoms with E-state index in [1.807, 2.05) is 59.2 Å². The van der Waals surface area contributed by atoms with Gasteiger partial charge in [0.15, 0.2) is 0 Å². The molecule has 1 fully saturated rings. The van der Waals surface area contributed by atoms with Crippen molar-refractivity contribution >= 4 is 11.3 Å². The third kappa shape index (κ3) is 3.16. The summed E-state index contributed by atoms with van der Waals surface area (Å²) in [6.07, 6.45) is 4.25. The molecule has 144 valence electrons. The van der Waals surface area contributed by atoms with Crippen molar-refractivity contribution in [2.75, 3.05) is 0 Å². The Kier molecular flexibility index (Phi) is 4.31. The summed E-state index contributed by atoms with van der Waals surface area (Å²) in [4.78, 5) is 24.1. The molecule has 6 heteroatoms. The zero-order valence-electron chi connectivity index (χ0n) is 15.9. The van der Waals surface area contributed by atoms with Crippen molar-refractivity contribution in [2.45, 2.75) is 31.7 Å². The summed E-state index contributed by atoms with van der Waals surface area (Å²) in [5.74, 6) is 0.263. The van der Waals surface area contributed by atoms with Gasteiger partial charge in [0.1, 0.15) is 11.5 Å². The van der Waals surface area contributed by atoms with Crippen molar-refractivity contribution in [3.63, 3.8) is 0 Å². The fraction of sp³-hybridized carbons (Fsp3) is 0.217. The first-order chi connectivity index (χ1) is 14.2. The number of ketones is 1. The maximum Gasteiger partial charge on any atom is 0.267 e. The van der Waals surface area contributed by atoms with Crippen LogP contribution in [0.5, 0.6) is 0 Å². The third-order valence-electron chi connectivity index (χ3n) is 5.53. The minimum absolute atomic E-state index is 0.0397. The number of Topliss-reactive ketones (excluding diaryl/α,β-unsaturated/α-hetero) is 1. The molecule has 0 aliphatic heterocycles. The molecule has 1 aromatic carbocycles. The standard InChI is InChI=1S/C23H20N4O2/c28-18-11-9-17(10-12-18)27-21(29)14-13-19(24-27)22-20-8-4-5-15-26(20)25-23(22)16-6-2-1-3-7-16/h1-8,13-15,17H,9-12H2. The molecule has 0 bridgehead atoms. The van der Waals surface area contributed by atoms with E-state index in [4.69, 9.17) is 10.2 Å². The Bertz CT molecular complexity index is 1250. The summed E-state index contributed by atoms with van der Waals surface area (Å²) < 4.78 is 3.40. The Morgan fingerprint density at radius 1 is 0.828 bits per heavy atom. The van der Waals surface area contributed by atoms with Crippen molar-refractivity contribution in [3.05, 3.63) is 77.2 Å². The van der Waals surface area contributed by atoms with E-state index in [0.717, 1.165) is 22.3 Å². The van der Waals surface area contributed by atoms with E-state index >= 15 is 0 Å². The summed E-state index contributed by atoms with van der Waals surface area (Å²) in [7, 11) is 0. The number of benzene rings is 1. The van der Waals surface area contributed by atoms with Crippen molar-refractivity contribution in [1.29, 1.82) is 0 Å². The Morgan fingerprint density at radius 3 is 2.38 bits per heavy atom. The van der Waals surface area contributed by atoms with E-state index in [9.17, 15) is 9.59 Å². The van der Waals surface area contributed by atoms with Gasteiger partial charge in [0.25, 0.3) is 5.56 Å². The van der Waals surface area contributed by atoms with Crippen LogP contribution in [0.15, 0.2) is 71.7 Å². The number of nitrogens with zero attached hydrogens (tertiary/aromatic N) is 4. The van der Waals surface area contributed by atoms with Crippen molar-refractivity contribution in [2.24, 2.45) is 0 Å². The van der Waals surface area contributed by atoms with Gasteiger partial charge in [0, 0.05) is 30.7 Å². The second-order valence-corrected chi connectivity index (χ2v) is 7.39. The van der Waals surface area contributed by atoms with Gasteiger partial charge in [0.05, 0.1) is 22.8 Å². The van der Waals surface area contributed by atoms with Gasteiger partial charge in [-0.2, -0.15) is 10.2 Å². The van der Waals surface area contributed by atoms with Crippen LogP contribution in [0.3, 0.4) is 0 Å². The van der Waals surface area contributed by atoms with E-state index in [0.29, 0.717) is 31.4 Å². The van der Waals surface area contributed by atoms with E-state index in [-0.39, 0.29) is 17.4 Å². The highest BCUT2D eigenvalue weighted by molar-refractivity contribution is 5.90. The number of carbonyl (C=O) groups excluding carboxylic acids is 1. The maximum atomic E-state index is 12.5. The van der Waals surface area contributed by atoms with Gasteiger partial charge in [-0.1, -0.05) is 36.4 Å². The number of rotatable bonds is 3. The van der Waals surface area contributed by atoms with Gasteiger partial charge in [-0.15, -0.1) is 0 Å². The number of carbonyl (C=O) groups is 1. The van der Waals surface area contributed by atoms with Gasteiger partial charge < -0.3 is 0 Å². The molecule has 0 atom stereocenters. The minimum atomic E-state index is -0.133. The van der Waals surface area contributed by atoms with Gasteiger partial charge in [0.2, 0.25) is 0 Å². The van der Waals surface area contributed by atoms with Crippen LogP contribution in [-0.4, -0.2) is 25.2 Å².